The molecule has 34 heavy (non-hydrogen) atoms. The van der Waals surface area contributed by atoms with Crippen molar-refractivity contribution < 1.29 is 23.5 Å². The van der Waals surface area contributed by atoms with E-state index in [1.807, 2.05) is 78.9 Å². The van der Waals surface area contributed by atoms with Gasteiger partial charge in [0, 0.05) is 23.3 Å². The molecule has 1 heterocycles. The Morgan fingerprint density at radius 2 is 1.41 bits per heavy atom. The van der Waals surface area contributed by atoms with Crippen LogP contribution in [0.5, 0.6) is 0 Å². The lowest BCUT2D eigenvalue weighted by molar-refractivity contribution is -0.172. The van der Waals surface area contributed by atoms with Gasteiger partial charge < -0.3 is 13.9 Å². The highest BCUT2D eigenvalue weighted by molar-refractivity contribution is 6.05. The van der Waals surface area contributed by atoms with Gasteiger partial charge in [0.1, 0.15) is 11.3 Å². The third-order valence-corrected chi connectivity index (χ3v) is 6.56. The number of hydrogen-bond acceptors (Lipinski definition) is 5. The second-order valence-corrected chi connectivity index (χ2v) is 8.45. The van der Waals surface area contributed by atoms with E-state index in [2.05, 4.69) is 0 Å². The first kappa shape index (κ1) is 22.0. The number of carbonyl (C=O) groups excluding carboxylic acids is 2. The molecule has 5 rings (SSSR count). The van der Waals surface area contributed by atoms with Crippen LogP contribution in [-0.4, -0.2) is 25.2 Å². The first-order valence-corrected chi connectivity index (χ1v) is 11.6. The third kappa shape index (κ3) is 3.39. The molecule has 4 aromatic rings. The van der Waals surface area contributed by atoms with E-state index in [1.165, 1.54) is 0 Å². The lowest BCUT2D eigenvalue weighted by Gasteiger charge is -2.31. The molecule has 172 valence electrons. The summed E-state index contributed by atoms with van der Waals surface area (Å²) in [4.78, 5) is 27.0. The van der Waals surface area contributed by atoms with Crippen LogP contribution in [0, 0.1) is 5.41 Å². The first-order chi connectivity index (χ1) is 16.6. The summed E-state index contributed by atoms with van der Waals surface area (Å²) in [6.07, 6.45) is 0.0970. The van der Waals surface area contributed by atoms with Gasteiger partial charge in [0.15, 0.2) is 5.41 Å². The number of rotatable bonds is 6. The molecule has 1 aromatic heterocycles. The molecule has 0 bridgehead atoms. The molecule has 5 nitrogen and oxygen atoms in total. The molecule has 0 radical (unpaired) electrons. The maximum Gasteiger partial charge on any atom is 0.324 e. The molecule has 0 saturated carbocycles. The number of esters is 2. The predicted molar refractivity (Wildman–Crippen MR) is 129 cm³/mol. The highest BCUT2D eigenvalue weighted by Gasteiger charge is 2.62. The zero-order valence-electron chi connectivity index (χ0n) is 19.2. The highest BCUT2D eigenvalue weighted by atomic mass is 16.6. The van der Waals surface area contributed by atoms with Crippen molar-refractivity contribution in [2.75, 3.05) is 13.2 Å². The van der Waals surface area contributed by atoms with Gasteiger partial charge in [0.2, 0.25) is 0 Å². The Bertz CT molecular complexity index is 1320. The lowest BCUT2D eigenvalue weighted by Crippen LogP contribution is -2.46. The summed E-state index contributed by atoms with van der Waals surface area (Å²) in [6.45, 7) is 3.81. The maximum atomic E-state index is 13.5. The summed E-state index contributed by atoms with van der Waals surface area (Å²) in [6, 6.07) is 25.8. The van der Waals surface area contributed by atoms with E-state index in [-0.39, 0.29) is 19.6 Å². The predicted octanol–water partition coefficient (Wildman–Crippen LogP) is 5.90. The smallest absolute Gasteiger partial charge is 0.324 e. The number of carbonyl (C=O) groups is 2. The average molecular weight is 455 g/mol. The zero-order valence-corrected chi connectivity index (χ0v) is 19.2. The van der Waals surface area contributed by atoms with Crippen LogP contribution in [0.4, 0.5) is 0 Å². The molecule has 3 aromatic carbocycles. The maximum absolute atomic E-state index is 13.5. The summed E-state index contributed by atoms with van der Waals surface area (Å²) < 4.78 is 17.1. The van der Waals surface area contributed by atoms with Crippen molar-refractivity contribution in [1.29, 1.82) is 0 Å². The van der Waals surface area contributed by atoms with E-state index >= 15 is 0 Å². The van der Waals surface area contributed by atoms with Crippen LogP contribution in [0.1, 0.15) is 36.7 Å². The molecule has 0 aliphatic heterocycles. The molecule has 1 aliphatic carbocycles. The largest absolute Gasteiger partial charge is 0.465 e. The highest BCUT2D eigenvalue weighted by Crippen LogP contribution is 2.55. The summed E-state index contributed by atoms with van der Waals surface area (Å²) in [7, 11) is 0. The summed E-state index contributed by atoms with van der Waals surface area (Å²) in [5, 5.41) is 0.894. The number of fused-ring (bicyclic) bond motifs is 3. The summed E-state index contributed by atoms with van der Waals surface area (Å²) in [5.41, 5.74) is 3.03. The Morgan fingerprint density at radius 3 is 2.06 bits per heavy atom. The fourth-order valence-electron chi connectivity index (χ4n) is 5.10. The second-order valence-electron chi connectivity index (χ2n) is 8.45. The van der Waals surface area contributed by atoms with Crippen LogP contribution in [0.3, 0.4) is 0 Å². The van der Waals surface area contributed by atoms with Crippen LogP contribution in [0.25, 0.3) is 22.1 Å². The third-order valence-electron chi connectivity index (χ3n) is 6.56. The zero-order chi connectivity index (χ0) is 23.7. The van der Waals surface area contributed by atoms with Crippen molar-refractivity contribution in [2.24, 2.45) is 5.41 Å². The van der Waals surface area contributed by atoms with Crippen molar-refractivity contribution in [3.8, 4) is 11.1 Å². The van der Waals surface area contributed by atoms with E-state index in [0.717, 1.165) is 33.2 Å². The van der Waals surface area contributed by atoms with Crippen molar-refractivity contribution >= 4 is 22.9 Å². The molecule has 0 amide bonds. The minimum atomic E-state index is -1.54. The van der Waals surface area contributed by atoms with E-state index in [1.54, 1.807) is 13.8 Å². The van der Waals surface area contributed by atoms with Gasteiger partial charge in [0.25, 0.3) is 0 Å². The number of hydrogen-bond donors (Lipinski definition) is 0. The number of benzene rings is 3. The van der Waals surface area contributed by atoms with Crippen molar-refractivity contribution in [3.05, 3.63) is 95.7 Å². The van der Waals surface area contributed by atoms with Crippen LogP contribution in [-0.2, 0) is 25.5 Å². The van der Waals surface area contributed by atoms with Crippen molar-refractivity contribution in [2.45, 2.75) is 26.2 Å². The second kappa shape index (κ2) is 8.82. The Balaban J connectivity index is 1.70. The van der Waals surface area contributed by atoms with Crippen LogP contribution in [0.2, 0.25) is 0 Å². The van der Waals surface area contributed by atoms with Gasteiger partial charge in [-0.05, 0) is 36.6 Å². The summed E-state index contributed by atoms with van der Waals surface area (Å²) in [5.74, 6) is -1.13. The van der Waals surface area contributed by atoms with Gasteiger partial charge >= 0.3 is 11.9 Å². The fourth-order valence-corrected chi connectivity index (χ4v) is 5.10. The Kier molecular flexibility index (Phi) is 5.70. The van der Waals surface area contributed by atoms with E-state index in [0.29, 0.717) is 5.76 Å². The molecule has 0 fully saturated rings. The molecule has 0 spiro atoms. The molecule has 1 aliphatic rings. The van der Waals surface area contributed by atoms with E-state index in [4.69, 9.17) is 13.9 Å². The minimum Gasteiger partial charge on any atom is -0.465 e. The van der Waals surface area contributed by atoms with Crippen molar-refractivity contribution in [1.82, 2.24) is 0 Å². The number of furan rings is 1. The van der Waals surface area contributed by atoms with Crippen LogP contribution in [0.15, 0.2) is 83.3 Å². The van der Waals surface area contributed by atoms with Crippen LogP contribution >= 0.6 is 0 Å². The van der Waals surface area contributed by atoms with Gasteiger partial charge in [-0.3, -0.25) is 9.59 Å². The average Bonchev–Trinajstić information content (AvgIpc) is 3.39. The molecule has 0 N–H and O–H groups in total. The quantitative estimate of drug-likeness (QED) is 0.268. The molecular formula is C29H26O5. The molecule has 1 unspecified atom stereocenters. The monoisotopic (exact) mass is 454 g/mol. The molecule has 0 saturated heterocycles. The van der Waals surface area contributed by atoms with Gasteiger partial charge in [0.05, 0.1) is 13.2 Å². The lowest BCUT2D eigenvalue weighted by atomic mass is 9.71. The van der Waals surface area contributed by atoms with Gasteiger partial charge in [-0.2, -0.15) is 0 Å². The van der Waals surface area contributed by atoms with Gasteiger partial charge in [-0.1, -0.05) is 72.8 Å². The SMILES string of the molecule is CCOC(=O)C1(C(=O)OCC)Cc2oc3ccccc3c2C1c1ccc(-c2ccccc2)cc1. The Labute approximate surface area is 198 Å². The number of ether oxygens (including phenoxy) is 2. The normalized spacial score (nSPS) is 16.2. The molecule has 5 heteroatoms. The van der Waals surface area contributed by atoms with E-state index in [9.17, 15) is 9.59 Å². The Hall–Kier alpha value is -3.86. The Morgan fingerprint density at radius 1 is 0.824 bits per heavy atom. The van der Waals surface area contributed by atoms with E-state index < -0.39 is 23.3 Å². The molecular weight excluding hydrogens is 428 g/mol. The summed E-state index contributed by atoms with van der Waals surface area (Å²) >= 11 is 0. The van der Waals surface area contributed by atoms with Gasteiger partial charge in [-0.15, -0.1) is 0 Å². The fraction of sp³-hybridized carbons (Fsp3) is 0.241. The number of para-hydroxylation sites is 1. The topological polar surface area (TPSA) is 65.7 Å². The first-order valence-electron chi connectivity index (χ1n) is 11.6. The minimum absolute atomic E-state index is 0.0970. The van der Waals surface area contributed by atoms with Gasteiger partial charge in [-0.25, -0.2) is 0 Å². The van der Waals surface area contributed by atoms with Crippen LogP contribution < -0.4 is 0 Å². The standard InChI is InChI=1S/C29H26O5/c1-3-32-27(30)29(28(31)33-4-2)18-24-25(22-12-8-9-13-23(22)34-24)26(29)21-16-14-20(15-17-21)19-10-6-5-7-11-19/h5-17,26H,3-4,18H2,1-2H3. The molecule has 1 atom stereocenters. The van der Waals surface area contributed by atoms with Crippen molar-refractivity contribution in [3.63, 3.8) is 0 Å².